The van der Waals surface area contributed by atoms with Crippen LogP contribution >= 0.6 is 0 Å². The first kappa shape index (κ1) is 11.8. The average molecular weight is 225 g/mol. The van der Waals surface area contributed by atoms with E-state index in [1.165, 1.54) is 12.1 Å². The Morgan fingerprint density at radius 1 is 1.31 bits per heavy atom. The minimum atomic E-state index is -1.13. The molecule has 1 rings (SSSR count). The van der Waals surface area contributed by atoms with E-state index in [2.05, 4.69) is 5.32 Å². The summed E-state index contributed by atoms with van der Waals surface area (Å²) < 4.78 is 4.98. The Kier molecular flexibility index (Phi) is 4.14. The molecule has 0 unspecified atom stereocenters. The summed E-state index contributed by atoms with van der Waals surface area (Å²) in [4.78, 5) is 21.2. The highest BCUT2D eigenvalue weighted by atomic mass is 16.5. The predicted molar refractivity (Wildman–Crippen MR) is 54.2 cm³/mol. The van der Waals surface area contributed by atoms with Gasteiger partial charge in [-0.1, -0.05) is 12.1 Å². The van der Waals surface area contributed by atoms with E-state index in [0.29, 0.717) is 0 Å². The standard InChI is InChI=1S/C10H11NO5/c12-7-3-1-2-4-8(7)16-6-9(13)11-5-10(14)15/h1-4,12H,5-6H2,(H,11,13)(H,14,15). The number of carbonyl (C=O) groups is 2. The van der Waals surface area contributed by atoms with Crippen LogP contribution in [0.25, 0.3) is 0 Å². The van der Waals surface area contributed by atoms with Crippen LogP contribution in [0, 0.1) is 0 Å². The average Bonchev–Trinajstić information content (AvgIpc) is 2.25. The Hall–Kier alpha value is -2.24. The first-order valence-corrected chi connectivity index (χ1v) is 4.49. The van der Waals surface area contributed by atoms with E-state index in [4.69, 9.17) is 9.84 Å². The van der Waals surface area contributed by atoms with Crippen LogP contribution in [0.5, 0.6) is 11.5 Å². The number of phenolic OH excluding ortho intramolecular Hbond substituents is 1. The van der Waals surface area contributed by atoms with Gasteiger partial charge in [-0.05, 0) is 12.1 Å². The maximum Gasteiger partial charge on any atom is 0.322 e. The van der Waals surface area contributed by atoms with Crippen molar-refractivity contribution in [2.75, 3.05) is 13.2 Å². The zero-order chi connectivity index (χ0) is 12.0. The van der Waals surface area contributed by atoms with Crippen molar-refractivity contribution >= 4 is 11.9 Å². The quantitative estimate of drug-likeness (QED) is 0.654. The number of para-hydroxylation sites is 2. The molecular formula is C10H11NO5. The fraction of sp³-hybridized carbons (Fsp3) is 0.200. The van der Waals surface area contributed by atoms with Gasteiger partial charge in [0.05, 0.1) is 0 Å². The Morgan fingerprint density at radius 2 is 2.00 bits per heavy atom. The fourth-order valence-electron chi connectivity index (χ4n) is 0.948. The number of carboxylic acids is 1. The van der Waals surface area contributed by atoms with Crippen LogP contribution in [0.2, 0.25) is 0 Å². The molecule has 6 nitrogen and oxygen atoms in total. The number of benzene rings is 1. The van der Waals surface area contributed by atoms with Gasteiger partial charge in [0.25, 0.3) is 5.91 Å². The fourth-order valence-corrected chi connectivity index (χ4v) is 0.948. The van der Waals surface area contributed by atoms with Crippen molar-refractivity contribution < 1.29 is 24.5 Å². The second-order valence-electron chi connectivity index (χ2n) is 2.93. The first-order valence-electron chi connectivity index (χ1n) is 4.49. The first-order chi connectivity index (χ1) is 7.59. The highest BCUT2D eigenvalue weighted by Gasteiger charge is 2.06. The maximum atomic E-state index is 11.1. The summed E-state index contributed by atoms with van der Waals surface area (Å²) in [5.74, 6) is -1.59. The number of carboxylic acid groups (broad SMARTS) is 1. The smallest absolute Gasteiger partial charge is 0.322 e. The monoisotopic (exact) mass is 225 g/mol. The number of aliphatic carboxylic acids is 1. The van der Waals surface area contributed by atoms with Crippen molar-refractivity contribution in [1.82, 2.24) is 5.32 Å². The highest BCUT2D eigenvalue weighted by molar-refractivity contribution is 5.82. The van der Waals surface area contributed by atoms with E-state index in [0.717, 1.165) is 0 Å². The van der Waals surface area contributed by atoms with E-state index in [1.807, 2.05) is 0 Å². The molecular weight excluding hydrogens is 214 g/mol. The van der Waals surface area contributed by atoms with Crippen LogP contribution in [-0.2, 0) is 9.59 Å². The maximum absolute atomic E-state index is 11.1. The second kappa shape index (κ2) is 5.59. The Morgan fingerprint density at radius 3 is 2.62 bits per heavy atom. The van der Waals surface area contributed by atoms with Crippen molar-refractivity contribution in [2.45, 2.75) is 0 Å². The number of hydrogen-bond acceptors (Lipinski definition) is 4. The van der Waals surface area contributed by atoms with Crippen molar-refractivity contribution in [3.8, 4) is 11.5 Å². The molecule has 6 heteroatoms. The Balaban J connectivity index is 2.37. The summed E-state index contributed by atoms with van der Waals surface area (Å²) in [6, 6.07) is 6.18. The molecule has 0 aliphatic rings. The number of amides is 1. The third kappa shape index (κ3) is 3.87. The van der Waals surface area contributed by atoms with Gasteiger partial charge in [-0.25, -0.2) is 0 Å². The summed E-state index contributed by atoms with van der Waals surface area (Å²) in [6.45, 7) is -0.798. The normalized spacial score (nSPS) is 9.50. The molecule has 3 N–H and O–H groups in total. The molecule has 0 bridgehead atoms. The van der Waals surface area contributed by atoms with Crippen LogP contribution in [0.4, 0.5) is 0 Å². The molecule has 16 heavy (non-hydrogen) atoms. The number of hydrogen-bond donors (Lipinski definition) is 3. The van der Waals surface area contributed by atoms with Gasteiger partial charge in [0, 0.05) is 0 Å². The van der Waals surface area contributed by atoms with Crippen LogP contribution in [-0.4, -0.2) is 35.2 Å². The van der Waals surface area contributed by atoms with E-state index >= 15 is 0 Å². The summed E-state index contributed by atoms with van der Waals surface area (Å²) >= 11 is 0. The van der Waals surface area contributed by atoms with Crippen LogP contribution in [0.3, 0.4) is 0 Å². The minimum Gasteiger partial charge on any atom is -0.504 e. The molecule has 0 radical (unpaired) electrons. The lowest BCUT2D eigenvalue weighted by molar-refractivity contribution is -0.138. The van der Waals surface area contributed by atoms with Gasteiger partial charge in [0.2, 0.25) is 0 Å². The molecule has 0 saturated heterocycles. The molecule has 0 aliphatic carbocycles. The molecule has 1 aromatic rings. The number of phenols is 1. The number of ether oxygens (including phenoxy) is 1. The van der Waals surface area contributed by atoms with Gasteiger partial charge in [-0.2, -0.15) is 0 Å². The van der Waals surface area contributed by atoms with Crippen molar-refractivity contribution in [3.05, 3.63) is 24.3 Å². The summed E-state index contributed by atoms with van der Waals surface area (Å²) in [7, 11) is 0. The van der Waals surface area contributed by atoms with Crippen LogP contribution in [0.15, 0.2) is 24.3 Å². The zero-order valence-electron chi connectivity index (χ0n) is 8.34. The van der Waals surface area contributed by atoms with Gasteiger partial charge in [0.1, 0.15) is 6.54 Å². The van der Waals surface area contributed by atoms with Crippen LogP contribution in [0.1, 0.15) is 0 Å². The zero-order valence-corrected chi connectivity index (χ0v) is 8.34. The van der Waals surface area contributed by atoms with Crippen LogP contribution < -0.4 is 10.1 Å². The molecule has 0 aliphatic heterocycles. The molecule has 0 heterocycles. The van der Waals surface area contributed by atoms with Gasteiger partial charge in [-0.15, -0.1) is 0 Å². The number of rotatable bonds is 5. The van der Waals surface area contributed by atoms with Crippen molar-refractivity contribution in [2.24, 2.45) is 0 Å². The summed E-state index contributed by atoms with van der Waals surface area (Å²) in [6.07, 6.45) is 0. The molecule has 0 aromatic heterocycles. The topological polar surface area (TPSA) is 95.9 Å². The number of nitrogens with one attached hydrogen (secondary N) is 1. The highest BCUT2D eigenvalue weighted by Crippen LogP contribution is 2.23. The van der Waals surface area contributed by atoms with Crippen molar-refractivity contribution in [3.63, 3.8) is 0 Å². The number of carbonyl (C=O) groups excluding carboxylic acids is 1. The molecule has 0 spiro atoms. The molecule has 0 atom stereocenters. The third-order valence-electron chi connectivity index (χ3n) is 1.66. The lowest BCUT2D eigenvalue weighted by atomic mass is 10.3. The Bertz CT molecular complexity index is 391. The van der Waals surface area contributed by atoms with E-state index in [-0.39, 0.29) is 18.1 Å². The lowest BCUT2D eigenvalue weighted by Gasteiger charge is -2.07. The lowest BCUT2D eigenvalue weighted by Crippen LogP contribution is -2.33. The molecule has 1 aromatic carbocycles. The van der Waals surface area contributed by atoms with E-state index in [9.17, 15) is 14.7 Å². The van der Waals surface area contributed by atoms with Gasteiger partial charge in [-0.3, -0.25) is 9.59 Å². The largest absolute Gasteiger partial charge is 0.504 e. The number of aromatic hydroxyl groups is 1. The Labute approximate surface area is 91.5 Å². The van der Waals surface area contributed by atoms with E-state index < -0.39 is 18.4 Å². The van der Waals surface area contributed by atoms with Gasteiger partial charge in [0.15, 0.2) is 18.1 Å². The second-order valence-corrected chi connectivity index (χ2v) is 2.93. The van der Waals surface area contributed by atoms with Gasteiger partial charge >= 0.3 is 5.97 Å². The predicted octanol–water partition coefficient (Wildman–Crippen LogP) is -0.0282. The van der Waals surface area contributed by atoms with Gasteiger partial charge < -0.3 is 20.3 Å². The molecule has 0 saturated carbocycles. The molecule has 0 fully saturated rings. The molecule has 86 valence electrons. The van der Waals surface area contributed by atoms with E-state index in [1.54, 1.807) is 12.1 Å². The summed E-state index contributed by atoms with van der Waals surface area (Å²) in [5, 5.41) is 19.7. The van der Waals surface area contributed by atoms with Crippen molar-refractivity contribution in [1.29, 1.82) is 0 Å². The molecule has 1 amide bonds. The SMILES string of the molecule is O=C(O)CNC(=O)COc1ccccc1O. The third-order valence-corrected chi connectivity index (χ3v) is 1.66. The minimum absolute atomic E-state index is 0.0754. The summed E-state index contributed by atoms with van der Waals surface area (Å²) in [5.41, 5.74) is 0.